The van der Waals surface area contributed by atoms with Gasteiger partial charge in [0.25, 0.3) is 0 Å². The quantitative estimate of drug-likeness (QED) is 0.851. The van der Waals surface area contributed by atoms with Crippen LogP contribution in [0, 0.1) is 11.6 Å². The van der Waals surface area contributed by atoms with Crippen LogP contribution in [0.4, 0.5) is 13.6 Å². The highest BCUT2D eigenvalue weighted by Crippen LogP contribution is 2.18. The molecule has 2 N–H and O–H groups in total. The van der Waals surface area contributed by atoms with Crippen molar-refractivity contribution in [3.63, 3.8) is 0 Å². The monoisotopic (exact) mass is 337 g/mol. The van der Waals surface area contributed by atoms with Crippen LogP contribution in [-0.4, -0.2) is 31.6 Å². The molecule has 0 bridgehead atoms. The molecule has 2 atom stereocenters. The van der Waals surface area contributed by atoms with Crippen molar-refractivity contribution in [2.75, 3.05) is 20.6 Å². The van der Waals surface area contributed by atoms with E-state index in [-0.39, 0.29) is 6.04 Å². The van der Waals surface area contributed by atoms with Crippen LogP contribution in [0.3, 0.4) is 0 Å². The fourth-order valence-corrected chi connectivity index (χ4v) is 2.32. The Morgan fingerprint density at radius 2 is 2.00 bits per heavy atom. The first-order valence-electron chi connectivity index (χ1n) is 7.57. The number of halogens is 2. The minimum absolute atomic E-state index is 0.107. The third kappa shape index (κ3) is 4.55. The van der Waals surface area contributed by atoms with Crippen LogP contribution in [-0.2, 0) is 0 Å². The molecular formula is C17H21F2N3O2. The predicted molar refractivity (Wildman–Crippen MR) is 86.4 cm³/mol. The van der Waals surface area contributed by atoms with Crippen LogP contribution in [0.2, 0.25) is 0 Å². The van der Waals surface area contributed by atoms with E-state index in [0.717, 1.165) is 17.9 Å². The van der Waals surface area contributed by atoms with E-state index in [9.17, 15) is 13.6 Å². The van der Waals surface area contributed by atoms with Crippen molar-refractivity contribution in [3.05, 3.63) is 59.6 Å². The molecule has 5 nitrogen and oxygen atoms in total. The number of benzene rings is 1. The zero-order chi connectivity index (χ0) is 17.7. The molecule has 0 aliphatic heterocycles. The van der Waals surface area contributed by atoms with E-state index in [1.165, 1.54) is 6.07 Å². The van der Waals surface area contributed by atoms with Crippen molar-refractivity contribution >= 4 is 6.03 Å². The number of likely N-dealkylation sites (N-methyl/N-ethyl adjacent to an activating group) is 1. The Morgan fingerprint density at radius 3 is 2.58 bits per heavy atom. The summed E-state index contributed by atoms with van der Waals surface area (Å²) in [6, 6.07) is 6.22. The van der Waals surface area contributed by atoms with E-state index in [4.69, 9.17) is 4.42 Å². The Morgan fingerprint density at radius 1 is 1.25 bits per heavy atom. The molecule has 0 aliphatic carbocycles. The summed E-state index contributed by atoms with van der Waals surface area (Å²) in [4.78, 5) is 14.0. The van der Waals surface area contributed by atoms with Gasteiger partial charge in [-0.2, -0.15) is 0 Å². The molecule has 0 aliphatic rings. The lowest BCUT2D eigenvalue weighted by molar-refractivity contribution is 0.223. The van der Waals surface area contributed by atoms with Gasteiger partial charge in [-0.3, -0.25) is 4.90 Å². The molecule has 2 unspecified atom stereocenters. The van der Waals surface area contributed by atoms with Gasteiger partial charge in [-0.15, -0.1) is 0 Å². The van der Waals surface area contributed by atoms with Gasteiger partial charge >= 0.3 is 6.03 Å². The number of nitrogens with one attached hydrogen (secondary N) is 2. The largest absolute Gasteiger partial charge is 0.468 e. The van der Waals surface area contributed by atoms with Crippen LogP contribution in [0.15, 0.2) is 41.0 Å². The summed E-state index contributed by atoms with van der Waals surface area (Å²) < 4.78 is 31.6. The van der Waals surface area contributed by atoms with Crippen molar-refractivity contribution in [2.45, 2.75) is 19.0 Å². The second kappa shape index (κ2) is 7.92. The molecule has 2 aromatic rings. The summed E-state index contributed by atoms with van der Waals surface area (Å²) in [7, 11) is 3.77. The Balaban J connectivity index is 1.91. The minimum atomic E-state index is -0.938. The Labute approximate surface area is 139 Å². The fourth-order valence-electron chi connectivity index (χ4n) is 2.32. The normalized spacial score (nSPS) is 13.6. The van der Waals surface area contributed by atoms with E-state index in [0.29, 0.717) is 12.1 Å². The summed E-state index contributed by atoms with van der Waals surface area (Å²) >= 11 is 0. The van der Waals surface area contributed by atoms with Gasteiger partial charge < -0.3 is 15.1 Å². The summed E-state index contributed by atoms with van der Waals surface area (Å²) in [6.45, 7) is 2.04. The first-order chi connectivity index (χ1) is 11.4. The average Bonchev–Trinajstić information content (AvgIpc) is 3.03. The molecule has 0 fully saturated rings. The highest BCUT2D eigenvalue weighted by atomic mass is 19.2. The van der Waals surface area contributed by atoms with Gasteiger partial charge in [0.05, 0.1) is 18.3 Å². The second-order valence-corrected chi connectivity index (χ2v) is 5.74. The fraction of sp³-hybridized carbons (Fsp3) is 0.353. The summed E-state index contributed by atoms with van der Waals surface area (Å²) in [5.74, 6) is -1.11. The smallest absolute Gasteiger partial charge is 0.315 e. The number of urea groups is 1. The highest BCUT2D eigenvalue weighted by molar-refractivity contribution is 5.74. The third-order valence-electron chi connectivity index (χ3n) is 3.74. The van der Waals surface area contributed by atoms with Gasteiger partial charge in [-0.1, -0.05) is 6.07 Å². The Kier molecular flexibility index (Phi) is 5.92. The zero-order valence-corrected chi connectivity index (χ0v) is 13.8. The Hall–Kier alpha value is -2.41. The van der Waals surface area contributed by atoms with E-state index >= 15 is 0 Å². The number of amides is 2. The molecule has 1 aromatic carbocycles. The number of nitrogens with zero attached hydrogens (tertiary/aromatic N) is 1. The molecule has 130 valence electrons. The van der Waals surface area contributed by atoms with Gasteiger partial charge in [0.15, 0.2) is 11.6 Å². The molecule has 2 amide bonds. The van der Waals surface area contributed by atoms with Crippen molar-refractivity contribution in [3.8, 4) is 0 Å². The van der Waals surface area contributed by atoms with Crippen LogP contribution in [0.25, 0.3) is 0 Å². The van der Waals surface area contributed by atoms with Gasteiger partial charge in [0, 0.05) is 6.54 Å². The standard InChI is InChI=1S/C17H21F2N3O2/c1-11(12-6-7-13(18)14(19)9-12)21-17(23)20-10-15(22(2)3)16-5-4-8-24-16/h4-9,11,15H,10H2,1-3H3,(H2,20,21,23). The maximum atomic E-state index is 13.3. The molecule has 0 spiro atoms. The maximum Gasteiger partial charge on any atom is 0.315 e. The lowest BCUT2D eigenvalue weighted by Crippen LogP contribution is -2.41. The first kappa shape index (κ1) is 17.9. The average molecular weight is 337 g/mol. The predicted octanol–water partition coefficient (Wildman–Crippen LogP) is 3.22. The number of furan rings is 1. The Bertz CT molecular complexity index is 674. The van der Waals surface area contributed by atoms with Crippen molar-refractivity contribution in [1.29, 1.82) is 0 Å². The summed E-state index contributed by atoms with van der Waals surface area (Å²) in [5, 5.41) is 5.45. The molecule has 1 heterocycles. The van der Waals surface area contributed by atoms with E-state index in [1.807, 2.05) is 25.1 Å². The summed E-state index contributed by atoms with van der Waals surface area (Å²) in [6.07, 6.45) is 1.58. The van der Waals surface area contributed by atoms with E-state index < -0.39 is 23.7 Å². The molecule has 0 saturated carbocycles. The van der Waals surface area contributed by atoms with E-state index in [2.05, 4.69) is 10.6 Å². The van der Waals surface area contributed by atoms with Gasteiger partial charge in [-0.25, -0.2) is 13.6 Å². The molecule has 0 radical (unpaired) electrons. The SMILES string of the molecule is CC(NC(=O)NCC(c1ccco1)N(C)C)c1ccc(F)c(F)c1. The minimum Gasteiger partial charge on any atom is -0.468 e. The molecule has 1 aromatic heterocycles. The van der Waals surface area contributed by atoms with Crippen LogP contribution >= 0.6 is 0 Å². The van der Waals surface area contributed by atoms with Crippen molar-refractivity contribution in [1.82, 2.24) is 15.5 Å². The van der Waals surface area contributed by atoms with Gasteiger partial charge in [-0.05, 0) is 50.8 Å². The number of hydrogen-bond acceptors (Lipinski definition) is 3. The molecule has 7 heteroatoms. The first-order valence-corrected chi connectivity index (χ1v) is 7.57. The van der Waals surface area contributed by atoms with E-state index in [1.54, 1.807) is 19.3 Å². The third-order valence-corrected chi connectivity index (χ3v) is 3.74. The van der Waals surface area contributed by atoms with Crippen LogP contribution in [0.5, 0.6) is 0 Å². The van der Waals surface area contributed by atoms with Crippen LogP contribution in [0.1, 0.15) is 30.3 Å². The zero-order valence-electron chi connectivity index (χ0n) is 13.8. The topological polar surface area (TPSA) is 57.5 Å². The van der Waals surface area contributed by atoms with Crippen molar-refractivity contribution in [2.24, 2.45) is 0 Å². The highest BCUT2D eigenvalue weighted by Gasteiger charge is 2.18. The van der Waals surface area contributed by atoms with Crippen LogP contribution < -0.4 is 10.6 Å². The van der Waals surface area contributed by atoms with Crippen molar-refractivity contribution < 1.29 is 18.0 Å². The second-order valence-electron chi connectivity index (χ2n) is 5.74. The summed E-state index contributed by atoms with van der Waals surface area (Å²) in [5.41, 5.74) is 0.485. The number of rotatable bonds is 6. The van der Waals surface area contributed by atoms with Gasteiger partial charge in [0.1, 0.15) is 5.76 Å². The maximum absolute atomic E-state index is 13.3. The number of carbonyl (C=O) groups is 1. The number of hydrogen-bond donors (Lipinski definition) is 2. The van der Waals surface area contributed by atoms with Gasteiger partial charge in [0.2, 0.25) is 0 Å². The molecule has 24 heavy (non-hydrogen) atoms. The molecule has 2 rings (SSSR count). The lowest BCUT2D eigenvalue weighted by Gasteiger charge is -2.23. The number of carbonyl (C=O) groups excluding carboxylic acids is 1. The lowest BCUT2D eigenvalue weighted by atomic mass is 10.1. The molecular weight excluding hydrogens is 316 g/mol. The molecule has 0 saturated heterocycles.